The Morgan fingerprint density at radius 1 is 1.29 bits per heavy atom. The lowest BCUT2D eigenvalue weighted by atomic mass is 10.2. The minimum Gasteiger partial charge on any atom is -0.496 e. The molecule has 0 atom stereocenters. The molecule has 0 aliphatic carbocycles. The molecule has 3 N–H and O–H groups in total. The minimum atomic E-state index is -0.828. The maximum absolute atomic E-state index is 11.6. The number of carboxylic acid groups (broad SMARTS) is 1. The minimum absolute atomic E-state index is 0.111. The fourth-order valence-corrected chi connectivity index (χ4v) is 1.97. The van der Waals surface area contributed by atoms with Gasteiger partial charge in [-0.05, 0) is 25.0 Å². The van der Waals surface area contributed by atoms with Gasteiger partial charge in [-0.1, -0.05) is 17.7 Å². The van der Waals surface area contributed by atoms with Crippen LogP contribution in [0.25, 0.3) is 0 Å². The molecule has 1 aromatic rings. The number of aliphatic carboxylic acids is 1. The van der Waals surface area contributed by atoms with Gasteiger partial charge in [0, 0.05) is 30.1 Å². The Bertz CT molecular complexity index is 494. The van der Waals surface area contributed by atoms with Crippen LogP contribution in [0.4, 0.5) is 4.79 Å². The lowest BCUT2D eigenvalue weighted by Crippen LogP contribution is -2.35. The highest BCUT2D eigenvalue weighted by atomic mass is 35.5. The molecule has 21 heavy (non-hydrogen) atoms. The Morgan fingerprint density at radius 3 is 2.71 bits per heavy atom. The van der Waals surface area contributed by atoms with Crippen molar-refractivity contribution in [1.29, 1.82) is 0 Å². The first-order valence-electron chi connectivity index (χ1n) is 6.59. The smallest absolute Gasteiger partial charge is 0.315 e. The number of carboxylic acids is 1. The predicted octanol–water partition coefficient (Wildman–Crippen LogP) is 2.40. The predicted molar refractivity (Wildman–Crippen MR) is 79.7 cm³/mol. The lowest BCUT2D eigenvalue weighted by Gasteiger charge is -2.12. The number of carbonyl (C=O) groups excluding carboxylic acids is 1. The molecule has 116 valence electrons. The number of carbonyl (C=O) groups is 2. The molecule has 0 spiro atoms. The molecule has 0 unspecified atom stereocenters. The first-order valence-corrected chi connectivity index (χ1v) is 6.97. The molecule has 0 aromatic heterocycles. The summed E-state index contributed by atoms with van der Waals surface area (Å²) in [5, 5.41) is 14.3. The summed E-state index contributed by atoms with van der Waals surface area (Å²) in [5.41, 5.74) is 0.711. The van der Waals surface area contributed by atoms with Crippen LogP contribution in [0.15, 0.2) is 18.2 Å². The zero-order valence-electron chi connectivity index (χ0n) is 11.8. The molecule has 0 radical (unpaired) electrons. The first-order chi connectivity index (χ1) is 10.0. The number of benzene rings is 1. The topological polar surface area (TPSA) is 87.7 Å². The van der Waals surface area contributed by atoms with Crippen LogP contribution in [-0.4, -0.2) is 30.8 Å². The summed E-state index contributed by atoms with van der Waals surface area (Å²) in [6.45, 7) is 0.683. The van der Waals surface area contributed by atoms with E-state index in [0.717, 1.165) is 0 Å². The number of unbranched alkanes of at least 4 members (excludes halogenated alkanes) is 1. The lowest BCUT2D eigenvalue weighted by molar-refractivity contribution is -0.137. The number of amides is 2. The van der Waals surface area contributed by atoms with Gasteiger partial charge in [0.05, 0.1) is 7.11 Å². The molecule has 0 aliphatic heterocycles. The van der Waals surface area contributed by atoms with Crippen LogP contribution in [0.5, 0.6) is 5.75 Å². The summed E-state index contributed by atoms with van der Waals surface area (Å²) in [7, 11) is 1.54. The molecule has 0 saturated heterocycles. The van der Waals surface area contributed by atoms with Gasteiger partial charge in [0.25, 0.3) is 0 Å². The van der Waals surface area contributed by atoms with E-state index in [1.165, 1.54) is 7.11 Å². The Hall–Kier alpha value is -1.95. The second-order valence-electron chi connectivity index (χ2n) is 4.38. The molecule has 0 aliphatic rings. The first kappa shape index (κ1) is 17.1. The van der Waals surface area contributed by atoms with Crippen molar-refractivity contribution in [3.63, 3.8) is 0 Å². The highest BCUT2D eigenvalue weighted by Gasteiger charge is 2.09. The molecule has 0 heterocycles. The largest absolute Gasteiger partial charge is 0.496 e. The van der Waals surface area contributed by atoms with Gasteiger partial charge in [0.2, 0.25) is 0 Å². The van der Waals surface area contributed by atoms with Crippen molar-refractivity contribution in [2.75, 3.05) is 13.7 Å². The van der Waals surface area contributed by atoms with Crippen LogP contribution in [0.1, 0.15) is 24.8 Å². The highest BCUT2D eigenvalue weighted by molar-refractivity contribution is 6.31. The van der Waals surface area contributed by atoms with Crippen LogP contribution in [-0.2, 0) is 11.3 Å². The molecular formula is C14H19ClN2O4. The summed E-state index contributed by atoms with van der Waals surface area (Å²) >= 11 is 6.06. The van der Waals surface area contributed by atoms with Crippen molar-refractivity contribution in [2.45, 2.75) is 25.8 Å². The van der Waals surface area contributed by atoms with Crippen LogP contribution in [0.3, 0.4) is 0 Å². The van der Waals surface area contributed by atoms with Crippen LogP contribution in [0, 0.1) is 0 Å². The van der Waals surface area contributed by atoms with Gasteiger partial charge in [0.15, 0.2) is 0 Å². The Kier molecular flexibility index (Phi) is 7.39. The van der Waals surface area contributed by atoms with Gasteiger partial charge in [-0.15, -0.1) is 0 Å². The zero-order valence-corrected chi connectivity index (χ0v) is 12.6. The van der Waals surface area contributed by atoms with Crippen molar-refractivity contribution in [3.05, 3.63) is 28.8 Å². The Labute approximate surface area is 128 Å². The van der Waals surface area contributed by atoms with E-state index in [9.17, 15) is 9.59 Å². The third kappa shape index (κ3) is 6.35. The third-order valence-electron chi connectivity index (χ3n) is 2.82. The van der Waals surface area contributed by atoms with Crippen LogP contribution < -0.4 is 15.4 Å². The van der Waals surface area contributed by atoms with E-state index in [-0.39, 0.29) is 19.0 Å². The number of rotatable bonds is 8. The number of halogens is 1. The molecular weight excluding hydrogens is 296 g/mol. The van der Waals surface area contributed by atoms with Gasteiger partial charge >= 0.3 is 12.0 Å². The average molecular weight is 315 g/mol. The molecule has 0 bridgehead atoms. The van der Waals surface area contributed by atoms with Gasteiger partial charge in [-0.2, -0.15) is 0 Å². The fraction of sp³-hybridized carbons (Fsp3) is 0.429. The number of ether oxygens (including phenoxy) is 1. The average Bonchev–Trinajstić information content (AvgIpc) is 2.45. The van der Waals surface area contributed by atoms with E-state index < -0.39 is 5.97 Å². The van der Waals surface area contributed by atoms with E-state index in [1.807, 2.05) is 0 Å². The quantitative estimate of drug-likeness (QED) is 0.643. The van der Waals surface area contributed by atoms with Crippen molar-refractivity contribution in [2.24, 2.45) is 0 Å². The van der Waals surface area contributed by atoms with E-state index in [4.69, 9.17) is 21.4 Å². The number of nitrogens with one attached hydrogen (secondary N) is 2. The second kappa shape index (κ2) is 9.07. The van der Waals surface area contributed by atoms with Crippen LogP contribution in [0.2, 0.25) is 5.02 Å². The van der Waals surface area contributed by atoms with E-state index in [1.54, 1.807) is 18.2 Å². The van der Waals surface area contributed by atoms with E-state index >= 15 is 0 Å². The summed E-state index contributed by atoms with van der Waals surface area (Å²) in [4.78, 5) is 21.9. The number of urea groups is 1. The van der Waals surface area contributed by atoms with Crippen molar-refractivity contribution >= 4 is 23.6 Å². The van der Waals surface area contributed by atoms with E-state index in [2.05, 4.69) is 10.6 Å². The SMILES string of the molecule is COc1cccc(Cl)c1CNC(=O)NCCCCC(=O)O. The Balaban J connectivity index is 2.32. The zero-order chi connectivity index (χ0) is 15.7. The van der Waals surface area contributed by atoms with Crippen LogP contribution >= 0.6 is 11.6 Å². The maximum Gasteiger partial charge on any atom is 0.315 e. The van der Waals surface area contributed by atoms with Crippen molar-refractivity contribution in [1.82, 2.24) is 10.6 Å². The molecule has 1 aromatic carbocycles. The molecule has 0 fully saturated rings. The number of hydrogen-bond acceptors (Lipinski definition) is 3. The maximum atomic E-state index is 11.6. The van der Waals surface area contributed by atoms with Crippen molar-refractivity contribution < 1.29 is 19.4 Å². The molecule has 7 heteroatoms. The summed E-state index contributed by atoms with van der Waals surface area (Å²) in [5.74, 6) is -0.213. The molecule has 0 saturated carbocycles. The summed E-state index contributed by atoms with van der Waals surface area (Å²) < 4.78 is 5.18. The normalized spacial score (nSPS) is 10.0. The van der Waals surface area contributed by atoms with Gasteiger partial charge in [-0.25, -0.2) is 4.79 Å². The fourth-order valence-electron chi connectivity index (χ4n) is 1.74. The van der Waals surface area contributed by atoms with Gasteiger partial charge in [-0.3, -0.25) is 4.79 Å². The monoisotopic (exact) mass is 314 g/mol. The second-order valence-corrected chi connectivity index (χ2v) is 4.79. The molecule has 1 rings (SSSR count). The highest BCUT2D eigenvalue weighted by Crippen LogP contribution is 2.25. The third-order valence-corrected chi connectivity index (χ3v) is 3.18. The molecule has 6 nitrogen and oxygen atoms in total. The van der Waals surface area contributed by atoms with E-state index in [0.29, 0.717) is 35.7 Å². The molecule has 2 amide bonds. The Morgan fingerprint density at radius 2 is 2.05 bits per heavy atom. The standard InChI is InChI=1S/C14H19ClN2O4/c1-21-12-6-4-5-11(15)10(12)9-17-14(20)16-8-3-2-7-13(18)19/h4-6H,2-3,7-9H2,1H3,(H,18,19)(H2,16,17,20). The van der Waals surface area contributed by atoms with Gasteiger partial charge < -0.3 is 20.5 Å². The summed E-state index contributed by atoms with van der Waals surface area (Å²) in [6, 6.07) is 4.94. The number of methoxy groups -OCH3 is 1. The van der Waals surface area contributed by atoms with Crippen molar-refractivity contribution in [3.8, 4) is 5.75 Å². The number of hydrogen-bond donors (Lipinski definition) is 3. The summed E-state index contributed by atoms with van der Waals surface area (Å²) in [6.07, 6.45) is 1.27. The van der Waals surface area contributed by atoms with Gasteiger partial charge in [0.1, 0.15) is 5.75 Å².